The molecule has 2 heteroatoms. The Morgan fingerprint density at radius 1 is 1.43 bits per heavy atom. The van der Waals surface area contributed by atoms with Gasteiger partial charge in [0.05, 0.1) is 7.11 Å². The summed E-state index contributed by atoms with van der Waals surface area (Å²) in [5.74, 6) is 1.05. The maximum atomic E-state index is 5.36. The van der Waals surface area contributed by atoms with Gasteiger partial charge in [0.15, 0.2) is 0 Å². The number of ether oxygens (including phenoxy) is 1. The van der Waals surface area contributed by atoms with E-state index in [1.165, 1.54) is 17.5 Å². The van der Waals surface area contributed by atoms with E-state index >= 15 is 0 Å². The fourth-order valence-corrected chi connectivity index (χ4v) is 2.21. The van der Waals surface area contributed by atoms with Crippen LogP contribution in [-0.2, 0) is 12.8 Å². The van der Waals surface area contributed by atoms with Crippen molar-refractivity contribution in [2.24, 2.45) is 0 Å². The van der Waals surface area contributed by atoms with Crippen LogP contribution in [0.3, 0.4) is 0 Å². The van der Waals surface area contributed by atoms with Crippen molar-refractivity contribution < 1.29 is 4.74 Å². The molecule has 0 saturated carbocycles. The van der Waals surface area contributed by atoms with Crippen LogP contribution in [-0.4, -0.2) is 20.2 Å². The van der Waals surface area contributed by atoms with Crippen LogP contribution >= 0.6 is 0 Å². The first-order chi connectivity index (χ1) is 6.85. The fourth-order valence-electron chi connectivity index (χ4n) is 2.21. The van der Waals surface area contributed by atoms with Gasteiger partial charge in [-0.15, -0.1) is 0 Å². The molecule has 0 amide bonds. The molecule has 0 heterocycles. The lowest BCUT2D eigenvalue weighted by atomic mass is 9.88. The van der Waals surface area contributed by atoms with Crippen molar-refractivity contribution in [1.82, 2.24) is 5.32 Å². The largest absolute Gasteiger partial charge is 0.496 e. The van der Waals surface area contributed by atoms with E-state index < -0.39 is 0 Å². The molecular formula is C12H17NO. The highest BCUT2D eigenvalue weighted by atomic mass is 16.5. The Morgan fingerprint density at radius 2 is 2.29 bits per heavy atom. The standard InChI is InChI=1S/C12H17NO/c1-13-10-6-7-11-9(8-10)4-3-5-12(11)14-2/h3-5,10,13H,6-8H2,1-2H3/t10-/m1/s1. The number of nitrogens with one attached hydrogen (secondary N) is 1. The smallest absolute Gasteiger partial charge is 0.122 e. The van der Waals surface area contributed by atoms with E-state index in [9.17, 15) is 0 Å². The van der Waals surface area contributed by atoms with E-state index in [2.05, 4.69) is 23.5 Å². The predicted molar refractivity (Wildman–Crippen MR) is 57.9 cm³/mol. The van der Waals surface area contributed by atoms with Gasteiger partial charge in [-0.1, -0.05) is 12.1 Å². The molecule has 0 aromatic heterocycles. The van der Waals surface area contributed by atoms with Crippen molar-refractivity contribution in [1.29, 1.82) is 0 Å². The zero-order chi connectivity index (χ0) is 9.97. The van der Waals surface area contributed by atoms with Crippen molar-refractivity contribution in [2.75, 3.05) is 14.2 Å². The maximum absolute atomic E-state index is 5.36. The zero-order valence-electron chi connectivity index (χ0n) is 8.84. The van der Waals surface area contributed by atoms with Gasteiger partial charge in [0.25, 0.3) is 0 Å². The summed E-state index contributed by atoms with van der Waals surface area (Å²) in [7, 11) is 3.79. The first kappa shape index (κ1) is 9.53. The van der Waals surface area contributed by atoms with Crippen LogP contribution in [0.25, 0.3) is 0 Å². The number of hydrogen-bond donors (Lipinski definition) is 1. The normalized spacial score (nSPS) is 20.3. The summed E-state index contributed by atoms with van der Waals surface area (Å²) < 4.78 is 5.36. The van der Waals surface area contributed by atoms with Crippen molar-refractivity contribution in [2.45, 2.75) is 25.3 Å². The lowest BCUT2D eigenvalue weighted by molar-refractivity contribution is 0.400. The summed E-state index contributed by atoms with van der Waals surface area (Å²) in [6.07, 6.45) is 3.47. The van der Waals surface area contributed by atoms with Gasteiger partial charge < -0.3 is 10.1 Å². The first-order valence-electron chi connectivity index (χ1n) is 5.17. The Labute approximate surface area is 85.3 Å². The van der Waals surface area contributed by atoms with Crippen molar-refractivity contribution >= 4 is 0 Å². The number of hydrogen-bond acceptors (Lipinski definition) is 2. The second-order valence-corrected chi connectivity index (χ2v) is 3.83. The molecule has 0 aliphatic heterocycles. The molecule has 1 aromatic rings. The van der Waals surface area contributed by atoms with E-state index in [4.69, 9.17) is 4.74 Å². The SMILES string of the molecule is CN[C@@H]1CCc2c(cccc2OC)C1. The fraction of sp³-hybridized carbons (Fsp3) is 0.500. The molecule has 0 bridgehead atoms. The summed E-state index contributed by atoms with van der Waals surface area (Å²) in [5.41, 5.74) is 2.84. The molecule has 0 saturated heterocycles. The molecule has 1 aliphatic carbocycles. The lowest BCUT2D eigenvalue weighted by Gasteiger charge is -2.25. The molecule has 1 aliphatic rings. The molecular weight excluding hydrogens is 174 g/mol. The molecule has 0 fully saturated rings. The van der Waals surface area contributed by atoms with Gasteiger partial charge >= 0.3 is 0 Å². The second kappa shape index (κ2) is 4.01. The van der Waals surface area contributed by atoms with Gasteiger partial charge in [-0.3, -0.25) is 0 Å². The highest BCUT2D eigenvalue weighted by Gasteiger charge is 2.19. The molecule has 0 unspecified atom stereocenters. The van der Waals surface area contributed by atoms with Gasteiger partial charge in [0, 0.05) is 6.04 Å². The van der Waals surface area contributed by atoms with Crippen LogP contribution in [0.15, 0.2) is 18.2 Å². The lowest BCUT2D eigenvalue weighted by Crippen LogP contribution is -2.31. The number of rotatable bonds is 2. The van der Waals surface area contributed by atoms with Gasteiger partial charge in [-0.2, -0.15) is 0 Å². The van der Waals surface area contributed by atoms with Crippen LogP contribution in [0.5, 0.6) is 5.75 Å². The van der Waals surface area contributed by atoms with Crippen molar-refractivity contribution in [3.63, 3.8) is 0 Å². The second-order valence-electron chi connectivity index (χ2n) is 3.83. The average Bonchev–Trinajstić information content (AvgIpc) is 2.27. The van der Waals surface area contributed by atoms with Crippen LogP contribution in [0.4, 0.5) is 0 Å². The molecule has 1 aromatic carbocycles. The Morgan fingerprint density at radius 3 is 3.00 bits per heavy atom. The van der Waals surface area contributed by atoms with E-state index in [1.807, 2.05) is 7.05 Å². The van der Waals surface area contributed by atoms with Crippen LogP contribution < -0.4 is 10.1 Å². The number of fused-ring (bicyclic) bond motifs is 1. The topological polar surface area (TPSA) is 21.3 Å². The van der Waals surface area contributed by atoms with Crippen molar-refractivity contribution in [3.8, 4) is 5.75 Å². The third-order valence-electron chi connectivity index (χ3n) is 3.07. The summed E-state index contributed by atoms with van der Waals surface area (Å²) in [5, 5.41) is 3.34. The van der Waals surface area contributed by atoms with Gasteiger partial charge in [0.1, 0.15) is 5.75 Å². The highest BCUT2D eigenvalue weighted by molar-refractivity contribution is 5.42. The molecule has 0 spiro atoms. The molecule has 2 rings (SSSR count). The molecule has 14 heavy (non-hydrogen) atoms. The van der Waals surface area contributed by atoms with E-state index in [0.29, 0.717) is 6.04 Å². The first-order valence-corrected chi connectivity index (χ1v) is 5.17. The number of methoxy groups -OCH3 is 1. The zero-order valence-corrected chi connectivity index (χ0v) is 8.84. The molecule has 2 nitrogen and oxygen atoms in total. The highest BCUT2D eigenvalue weighted by Crippen LogP contribution is 2.29. The van der Waals surface area contributed by atoms with E-state index in [-0.39, 0.29) is 0 Å². The molecule has 1 atom stereocenters. The molecule has 76 valence electrons. The van der Waals surface area contributed by atoms with Crippen LogP contribution in [0.2, 0.25) is 0 Å². The molecule has 0 radical (unpaired) electrons. The minimum absolute atomic E-state index is 0.634. The van der Waals surface area contributed by atoms with Crippen LogP contribution in [0.1, 0.15) is 17.5 Å². The third-order valence-corrected chi connectivity index (χ3v) is 3.07. The average molecular weight is 191 g/mol. The quantitative estimate of drug-likeness (QED) is 0.769. The summed E-state index contributed by atoms with van der Waals surface area (Å²) in [4.78, 5) is 0. The third kappa shape index (κ3) is 1.62. The van der Waals surface area contributed by atoms with Gasteiger partial charge in [-0.25, -0.2) is 0 Å². The van der Waals surface area contributed by atoms with Gasteiger partial charge in [-0.05, 0) is 43.5 Å². The van der Waals surface area contributed by atoms with Crippen LogP contribution in [0, 0.1) is 0 Å². The van der Waals surface area contributed by atoms with E-state index in [0.717, 1.165) is 18.6 Å². The maximum Gasteiger partial charge on any atom is 0.122 e. The molecule has 1 N–H and O–H groups in total. The monoisotopic (exact) mass is 191 g/mol. The van der Waals surface area contributed by atoms with Crippen molar-refractivity contribution in [3.05, 3.63) is 29.3 Å². The Balaban J connectivity index is 2.30. The summed E-state index contributed by atoms with van der Waals surface area (Å²) >= 11 is 0. The minimum atomic E-state index is 0.634. The Kier molecular flexibility index (Phi) is 2.73. The number of benzene rings is 1. The Hall–Kier alpha value is -1.02. The van der Waals surface area contributed by atoms with Gasteiger partial charge in [0.2, 0.25) is 0 Å². The number of likely N-dealkylation sites (N-methyl/N-ethyl adjacent to an activating group) is 1. The predicted octanol–water partition coefficient (Wildman–Crippen LogP) is 1.77. The summed E-state index contributed by atoms with van der Waals surface area (Å²) in [6, 6.07) is 6.98. The summed E-state index contributed by atoms with van der Waals surface area (Å²) in [6.45, 7) is 0. The Bertz CT molecular complexity index is 322. The minimum Gasteiger partial charge on any atom is -0.496 e. The van der Waals surface area contributed by atoms with E-state index in [1.54, 1.807) is 7.11 Å².